The van der Waals surface area contributed by atoms with Gasteiger partial charge in [0.15, 0.2) is 0 Å². The molecule has 0 radical (unpaired) electrons. The van der Waals surface area contributed by atoms with E-state index in [1.807, 2.05) is 0 Å². The lowest BCUT2D eigenvalue weighted by atomic mass is 10.1. The van der Waals surface area contributed by atoms with Gasteiger partial charge in [0, 0.05) is 16.1 Å². The number of carboxylic acid groups (broad SMARTS) is 1. The van der Waals surface area contributed by atoms with Crippen LogP contribution in [0.15, 0.2) is 23.0 Å². The Morgan fingerprint density at radius 1 is 1.50 bits per heavy atom. The van der Waals surface area contributed by atoms with Gasteiger partial charge in [0.1, 0.15) is 0 Å². The number of benzene rings is 1. The highest BCUT2D eigenvalue weighted by Gasteiger charge is 2.08. The first-order valence-corrected chi connectivity index (χ1v) is 4.84. The van der Waals surface area contributed by atoms with Gasteiger partial charge in [-0.2, -0.15) is 4.98 Å². The van der Waals surface area contributed by atoms with Crippen LogP contribution in [0.3, 0.4) is 0 Å². The van der Waals surface area contributed by atoms with Gasteiger partial charge in [0.25, 0.3) is 0 Å². The molecule has 2 aromatic rings. The van der Waals surface area contributed by atoms with Gasteiger partial charge in [-0.15, -0.1) is 0 Å². The lowest BCUT2D eigenvalue weighted by molar-refractivity contribution is -0.136. The second kappa shape index (κ2) is 3.94. The molecular formula is C10H7ClN2O3. The molecule has 0 aliphatic heterocycles. The van der Waals surface area contributed by atoms with Crippen molar-refractivity contribution >= 4 is 28.5 Å². The zero-order chi connectivity index (χ0) is 11.7. The molecule has 0 amide bonds. The average molecular weight is 239 g/mol. The van der Waals surface area contributed by atoms with Crippen LogP contribution in [0.5, 0.6) is 0 Å². The van der Waals surface area contributed by atoms with Gasteiger partial charge >= 0.3 is 11.7 Å². The van der Waals surface area contributed by atoms with Crippen molar-refractivity contribution in [2.75, 3.05) is 0 Å². The molecule has 1 heterocycles. The van der Waals surface area contributed by atoms with Crippen molar-refractivity contribution in [2.45, 2.75) is 6.42 Å². The van der Waals surface area contributed by atoms with Crippen LogP contribution in [0.4, 0.5) is 0 Å². The maximum absolute atomic E-state index is 11.2. The fourth-order valence-corrected chi connectivity index (χ4v) is 1.64. The van der Waals surface area contributed by atoms with Crippen LogP contribution < -0.4 is 5.69 Å². The van der Waals surface area contributed by atoms with E-state index in [0.29, 0.717) is 21.6 Å². The molecule has 0 atom stereocenters. The maximum atomic E-state index is 11.2. The number of halogens is 1. The van der Waals surface area contributed by atoms with Gasteiger partial charge in [-0.25, -0.2) is 4.79 Å². The van der Waals surface area contributed by atoms with E-state index in [1.165, 1.54) is 0 Å². The zero-order valence-electron chi connectivity index (χ0n) is 8.03. The third-order valence-electron chi connectivity index (χ3n) is 2.09. The summed E-state index contributed by atoms with van der Waals surface area (Å²) < 4.78 is 0. The lowest BCUT2D eigenvalue weighted by Gasteiger charge is -2.03. The van der Waals surface area contributed by atoms with Gasteiger partial charge in [-0.1, -0.05) is 11.6 Å². The maximum Gasteiger partial charge on any atom is 0.345 e. The molecule has 0 aliphatic rings. The van der Waals surface area contributed by atoms with Crippen LogP contribution in [0.25, 0.3) is 10.9 Å². The molecule has 0 unspecified atom stereocenters. The number of carbonyl (C=O) groups is 1. The summed E-state index contributed by atoms with van der Waals surface area (Å²) in [5, 5.41) is 9.73. The minimum Gasteiger partial charge on any atom is -0.481 e. The van der Waals surface area contributed by atoms with Crippen molar-refractivity contribution in [2.24, 2.45) is 0 Å². The molecule has 1 aromatic carbocycles. The Kier molecular flexibility index (Phi) is 2.62. The Labute approximate surface area is 94.7 Å². The van der Waals surface area contributed by atoms with Crippen LogP contribution in [-0.2, 0) is 11.2 Å². The molecule has 1 aromatic heterocycles. The van der Waals surface area contributed by atoms with Crippen LogP contribution in [0, 0.1) is 0 Å². The van der Waals surface area contributed by atoms with E-state index in [-0.39, 0.29) is 6.42 Å². The van der Waals surface area contributed by atoms with E-state index in [4.69, 9.17) is 16.7 Å². The third-order valence-corrected chi connectivity index (χ3v) is 2.33. The Balaban J connectivity index is 2.74. The molecule has 0 aliphatic carbocycles. The first-order valence-electron chi connectivity index (χ1n) is 4.46. The molecule has 0 fully saturated rings. The highest BCUT2D eigenvalue weighted by molar-refractivity contribution is 6.31. The largest absolute Gasteiger partial charge is 0.481 e. The molecule has 0 bridgehead atoms. The molecule has 6 heteroatoms. The van der Waals surface area contributed by atoms with Crippen molar-refractivity contribution in [3.63, 3.8) is 0 Å². The number of aromatic amines is 1. The highest BCUT2D eigenvalue weighted by atomic mass is 35.5. The van der Waals surface area contributed by atoms with Gasteiger partial charge < -0.3 is 10.1 Å². The fourth-order valence-electron chi connectivity index (χ4n) is 1.47. The normalized spacial score (nSPS) is 10.6. The lowest BCUT2D eigenvalue weighted by Crippen LogP contribution is -2.15. The minimum atomic E-state index is -1.02. The number of nitrogens with one attached hydrogen (secondary N) is 1. The number of rotatable bonds is 2. The van der Waals surface area contributed by atoms with Crippen molar-refractivity contribution in [1.82, 2.24) is 9.97 Å². The van der Waals surface area contributed by atoms with Crippen LogP contribution in [-0.4, -0.2) is 21.0 Å². The molecule has 2 rings (SSSR count). The van der Waals surface area contributed by atoms with E-state index in [1.54, 1.807) is 18.2 Å². The van der Waals surface area contributed by atoms with E-state index < -0.39 is 11.7 Å². The van der Waals surface area contributed by atoms with E-state index >= 15 is 0 Å². The summed E-state index contributed by atoms with van der Waals surface area (Å²) in [4.78, 5) is 27.9. The van der Waals surface area contributed by atoms with Crippen molar-refractivity contribution in [3.8, 4) is 0 Å². The summed E-state index contributed by atoms with van der Waals surface area (Å²) in [6.45, 7) is 0. The molecule has 0 saturated heterocycles. The molecule has 0 spiro atoms. The van der Waals surface area contributed by atoms with Crippen LogP contribution in [0.2, 0.25) is 5.02 Å². The van der Waals surface area contributed by atoms with Crippen molar-refractivity contribution < 1.29 is 9.90 Å². The number of nitrogens with zero attached hydrogens (tertiary/aromatic N) is 1. The van der Waals surface area contributed by atoms with Crippen molar-refractivity contribution in [3.05, 3.63) is 39.4 Å². The Morgan fingerprint density at radius 2 is 2.25 bits per heavy atom. The Hall–Kier alpha value is -1.88. The fraction of sp³-hybridized carbons (Fsp3) is 0.100. The number of fused-ring (bicyclic) bond motifs is 1. The summed E-state index contributed by atoms with van der Waals surface area (Å²) in [6.07, 6.45) is -0.269. The second-order valence-corrected chi connectivity index (χ2v) is 3.69. The van der Waals surface area contributed by atoms with Crippen molar-refractivity contribution in [1.29, 1.82) is 0 Å². The van der Waals surface area contributed by atoms with Gasteiger partial charge in [0.2, 0.25) is 0 Å². The number of hydrogen-bond donors (Lipinski definition) is 2. The molecule has 82 valence electrons. The Bertz CT molecular complexity index is 621. The SMILES string of the molecule is O=C(O)Cc1[nH]c(=O)nc2ccc(Cl)cc12. The van der Waals surface area contributed by atoms with Crippen LogP contribution >= 0.6 is 11.6 Å². The monoisotopic (exact) mass is 238 g/mol. The van der Waals surface area contributed by atoms with Gasteiger partial charge in [-0.3, -0.25) is 4.79 Å². The van der Waals surface area contributed by atoms with E-state index in [9.17, 15) is 9.59 Å². The number of H-pyrrole nitrogens is 1. The first kappa shape index (κ1) is 10.6. The minimum absolute atomic E-state index is 0.269. The first-order chi connectivity index (χ1) is 7.56. The summed E-state index contributed by atoms with van der Waals surface area (Å²) >= 11 is 5.80. The number of aliphatic carboxylic acids is 1. The molecule has 5 nitrogen and oxygen atoms in total. The van der Waals surface area contributed by atoms with Gasteiger partial charge in [0.05, 0.1) is 11.9 Å². The number of carboxylic acids is 1. The number of hydrogen-bond acceptors (Lipinski definition) is 3. The smallest absolute Gasteiger partial charge is 0.345 e. The standard InChI is InChI=1S/C10H7ClN2O3/c11-5-1-2-7-6(3-5)8(4-9(14)15)13-10(16)12-7/h1-3H,4H2,(H,14,15)(H,12,13,16). The highest BCUT2D eigenvalue weighted by Crippen LogP contribution is 2.19. The van der Waals surface area contributed by atoms with E-state index in [2.05, 4.69) is 9.97 Å². The summed E-state index contributed by atoms with van der Waals surface area (Å²) in [7, 11) is 0. The quantitative estimate of drug-likeness (QED) is 0.824. The molecular weight excluding hydrogens is 232 g/mol. The van der Waals surface area contributed by atoms with Gasteiger partial charge in [-0.05, 0) is 18.2 Å². The average Bonchev–Trinajstić information content (AvgIpc) is 2.18. The second-order valence-electron chi connectivity index (χ2n) is 3.25. The van der Waals surface area contributed by atoms with Crippen LogP contribution in [0.1, 0.15) is 5.69 Å². The summed E-state index contributed by atoms with van der Waals surface area (Å²) in [6, 6.07) is 4.76. The third kappa shape index (κ3) is 2.04. The van der Waals surface area contributed by atoms with E-state index in [0.717, 1.165) is 0 Å². The topological polar surface area (TPSA) is 83.0 Å². The molecule has 2 N–H and O–H groups in total. The predicted octanol–water partition coefficient (Wildman–Crippen LogP) is 1.20. The summed E-state index contributed by atoms with van der Waals surface area (Å²) in [5.74, 6) is -1.02. The molecule has 16 heavy (non-hydrogen) atoms. The predicted molar refractivity (Wildman–Crippen MR) is 58.7 cm³/mol. The zero-order valence-corrected chi connectivity index (χ0v) is 8.78. The number of aromatic nitrogens is 2. The summed E-state index contributed by atoms with van der Waals surface area (Å²) in [5.41, 5.74) is 0.181. The molecule has 0 saturated carbocycles. The Morgan fingerprint density at radius 3 is 2.94 bits per heavy atom.